The summed E-state index contributed by atoms with van der Waals surface area (Å²) in [6, 6.07) is 6.54. The zero-order valence-electron chi connectivity index (χ0n) is 27.4. The van der Waals surface area contributed by atoms with Gasteiger partial charge in [-0.15, -0.1) is 0 Å². The van der Waals surface area contributed by atoms with E-state index in [9.17, 15) is 14.3 Å². The Hall–Kier alpha value is -2.97. The lowest BCUT2D eigenvalue weighted by Crippen LogP contribution is -2.43. The number of hydrogen-bond acceptors (Lipinski definition) is 5. The van der Waals surface area contributed by atoms with Crippen molar-refractivity contribution in [2.75, 3.05) is 39.3 Å². The molecule has 3 heterocycles. The van der Waals surface area contributed by atoms with Gasteiger partial charge in [0.15, 0.2) is 0 Å². The molecule has 0 bridgehead atoms. The predicted molar refractivity (Wildman–Crippen MR) is 175 cm³/mol. The molecule has 2 aromatic rings. The van der Waals surface area contributed by atoms with Crippen molar-refractivity contribution in [3.8, 4) is 0 Å². The van der Waals surface area contributed by atoms with Crippen molar-refractivity contribution >= 4 is 5.97 Å². The highest BCUT2D eigenvalue weighted by molar-refractivity contribution is 5.73. The van der Waals surface area contributed by atoms with Gasteiger partial charge in [0.1, 0.15) is 11.9 Å². The molecule has 2 saturated heterocycles. The topological polar surface area (TPSA) is 70.8 Å². The summed E-state index contributed by atoms with van der Waals surface area (Å²) in [7, 11) is 0. The molecule has 1 aromatic carbocycles. The minimum Gasteiger partial charge on any atom is -0.498 e. The van der Waals surface area contributed by atoms with E-state index in [0.717, 1.165) is 94.7 Å². The van der Waals surface area contributed by atoms with Gasteiger partial charge < -0.3 is 14.7 Å². The summed E-state index contributed by atoms with van der Waals surface area (Å²) < 4.78 is 22.2. The van der Waals surface area contributed by atoms with E-state index < -0.39 is 12.0 Å². The molecule has 0 unspecified atom stereocenters. The summed E-state index contributed by atoms with van der Waals surface area (Å²) >= 11 is 0. The van der Waals surface area contributed by atoms with Crippen molar-refractivity contribution in [3.05, 3.63) is 76.1 Å². The number of likely N-dealkylation sites (tertiary alicyclic amines) is 2. The van der Waals surface area contributed by atoms with Crippen molar-refractivity contribution in [2.45, 2.75) is 96.6 Å². The molecule has 8 heteroatoms. The van der Waals surface area contributed by atoms with Crippen LogP contribution in [0.15, 0.2) is 47.7 Å². The van der Waals surface area contributed by atoms with E-state index in [1.165, 1.54) is 29.3 Å². The van der Waals surface area contributed by atoms with Crippen molar-refractivity contribution in [1.29, 1.82) is 0 Å². The average Bonchev–Trinajstić information content (AvgIpc) is 3.53. The zero-order chi connectivity index (χ0) is 31.5. The fourth-order valence-corrected chi connectivity index (χ4v) is 8.39. The number of aryl methyl sites for hydroxylation is 1. The van der Waals surface area contributed by atoms with Crippen LogP contribution in [0.4, 0.5) is 4.39 Å². The third-order valence-electron chi connectivity index (χ3n) is 11.1. The van der Waals surface area contributed by atoms with E-state index in [1.807, 2.05) is 13.0 Å². The number of carboxylic acid groups (broad SMARTS) is 1. The Labute approximate surface area is 268 Å². The highest BCUT2D eigenvalue weighted by Gasteiger charge is 2.41. The molecule has 1 saturated carbocycles. The standard InChI is InChI=1S/C37H51FN4O3/c1-4-45-33-13-11-28(12-14-33)21-42-26(3)36(25(2)39-42)29-15-17-40(18-16-29)22-31-23-41(35(37(43)44)19-27-7-5-8-27)24-34(31)30-9-6-10-32(38)20-30/h6,9-11,13,20,27,29,31,34-35H,4-5,7-8,12,14-19,21-24H2,1-3H3,(H,43,44)/t31-,34+,35+/m0/s1. The molecular formula is C37H51FN4O3. The SMILES string of the molecule is CCOC1=CC=C(Cn2nc(C)c(C3CCN(C[C@H]4CN([C@H](CC5CCC5)C(=O)O)C[C@@H]4c4cccc(F)c4)CC3)c2C)CC1. The van der Waals surface area contributed by atoms with E-state index >= 15 is 0 Å². The summed E-state index contributed by atoms with van der Waals surface area (Å²) in [6.45, 7) is 12.4. The minimum absolute atomic E-state index is 0.137. The van der Waals surface area contributed by atoms with Gasteiger partial charge in [-0.25, -0.2) is 4.39 Å². The van der Waals surface area contributed by atoms with Crippen molar-refractivity contribution < 1.29 is 19.0 Å². The number of aliphatic carboxylic acids is 1. The van der Waals surface area contributed by atoms with E-state index in [0.29, 0.717) is 25.0 Å². The smallest absolute Gasteiger partial charge is 0.320 e. The first-order valence-electron chi connectivity index (χ1n) is 17.3. The fraction of sp³-hybridized carbons (Fsp3) is 0.622. The Morgan fingerprint density at radius 1 is 1.11 bits per heavy atom. The number of halogens is 1. The molecule has 2 aliphatic heterocycles. The Morgan fingerprint density at radius 3 is 2.56 bits per heavy atom. The van der Waals surface area contributed by atoms with Crippen LogP contribution in [-0.2, 0) is 16.1 Å². The number of carbonyl (C=O) groups is 1. The lowest BCUT2D eigenvalue weighted by atomic mass is 9.80. The molecule has 0 radical (unpaired) electrons. The summed E-state index contributed by atoms with van der Waals surface area (Å²) in [5.74, 6) is 1.59. The molecule has 1 aromatic heterocycles. The van der Waals surface area contributed by atoms with E-state index in [4.69, 9.17) is 9.84 Å². The largest absolute Gasteiger partial charge is 0.498 e. The van der Waals surface area contributed by atoms with Gasteiger partial charge in [0.25, 0.3) is 0 Å². The minimum atomic E-state index is -0.709. The van der Waals surface area contributed by atoms with Gasteiger partial charge in [-0.2, -0.15) is 5.10 Å². The zero-order valence-corrected chi connectivity index (χ0v) is 27.4. The quantitative estimate of drug-likeness (QED) is 0.282. The second-order valence-electron chi connectivity index (χ2n) is 14.0. The van der Waals surface area contributed by atoms with Gasteiger partial charge in [-0.3, -0.25) is 14.4 Å². The number of allylic oxidation sites excluding steroid dienone is 4. The van der Waals surface area contributed by atoms with Crippen LogP contribution in [0.2, 0.25) is 0 Å². The molecule has 3 fully saturated rings. The second-order valence-corrected chi connectivity index (χ2v) is 14.0. The van der Waals surface area contributed by atoms with E-state index in [1.54, 1.807) is 12.1 Å². The number of nitrogens with zero attached hydrogens (tertiary/aromatic N) is 4. The lowest BCUT2D eigenvalue weighted by molar-refractivity contribution is -0.144. The molecule has 6 rings (SSSR count). The van der Waals surface area contributed by atoms with Crippen molar-refractivity contribution in [3.63, 3.8) is 0 Å². The Morgan fingerprint density at radius 2 is 1.91 bits per heavy atom. The molecule has 7 nitrogen and oxygen atoms in total. The molecule has 45 heavy (non-hydrogen) atoms. The van der Waals surface area contributed by atoms with Gasteiger partial charge in [-0.1, -0.05) is 37.5 Å². The summed E-state index contributed by atoms with van der Waals surface area (Å²) in [5, 5.41) is 15.2. The van der Waals surface area contributed by atoms with Gasteiger partial charge in [0, 0.05) is 37.7 Å². The first-order valence-corrected chi connectivity index (χ1v) is 17.3. The maximum atomic E-state index is 14.3. The highest BCUT2D eigenvalue weighted by Crippen LogP contribution is 2.39. The van der Waals surface area contributed by atoms with Gasteiger partial charge in [0.05, 0.1) is 24.6 Å². The number of aromatic nitrogens is 2. The van der Waals surface area contributed by atoms with Crippen LogP contribution in [0.25, 0.3) is 0 Å². The predicted octanol–water partition coefficient (Wildman–Crippen LogP) is 6.82. The normalized spacial score (nSPS) is 24.3. The van der Waals surface area contributed by atoms with E-state index in [-0.39, 0.29) is 17.7 Å². The monoisotopic (exact) mass is 618 g/mol. The highest BCUT2D eigenvalue weighted by atomic mass is 19.1. The molecular weight excluding hydrogens is 567 g/mol. The Kier molecular flexibility index (Phi) is 10.1. The molecule has 2 aliphatic carbocycles. The van der Waals surface area contributed by atoms with Crippen LogP contribution in [-0.4, -0.2) is 76.0 Å². The number of ether oxygens (including phenoxy) is 1. The number of benzene rings is 1. The maximum Gasteiger partial charge on any atom is 0.320 e. The fourth-order valence-electron chi connectivity index (χ4n) is 8.39. The van der Waals surface area contributed by atoms with Crippen LogP contribution in [0.1, 0.15) is 92.6 Å². The van der Waals surface area contributed by atoms with Crippen LogP contribution >= 0.6 is 0 Å². The average molecular weight is 619 g/mol. The number of piperidine rings is 1. The molecule has 244 valence electrons. The van der Waals surface area contributed by atoms with Gasteiger partial charge in [0.2, 0.25) is 0 Å². The summed E-state index contributed by atoms with van der Waals surface area (Å²) in [6.07, 6.45) is 12.7. The molecule has 1 N–H and O–H groups in total. The number of rotatable bonds is 12. The third kappa shape index (κ3) is 7.38. The van der Waals surface area contributed by atoms with Crippen LogP contribution < -0.4 is 0 Å². The number of hydrogen-bond donors (Lipinski definition) is 1. The molecule has 4 aliphatic rings. The number of carboxylic acids is 1. The van der Waals surface area contributed by atoms with Crippen LogP contribution in [0.5, 0.6) is 0 Å². The van der Waals surface area contributed by atoms with Crippen LogP contribution in [0, 0.1) is 31.5 Å². The van der Waals surface area contributed by atoms with Crippen molar-refractivity contribution in [1.82, 2.24) is 19.6 Å². The summed E-state index contributed by atoms with van der Waals surface area (Å²) in [5.41, 5.74) is 6.25. The van der Waals surface area contributed by atoms with Gasteiger partial charge >= 0.3 is 5.97 Å². The van der Waals surface area contributed by atoms with Crippen molar-refractivity contribution in [2.24, 2.45) is 11.8 Å². The second kappa shape index (κ2) is 14.2. The van der Waals surface area contributed by atoms with E-state index in [2.05, 4.69) is 40.5 Å². The maximum absolute atomic E-state index is 14.3. The first kappa shape index (κ1) is 32.0. The lowest BCUT2D eigenvalue weighted by Gasteiger charge is -2.35. The molecule has 0 spiro atoms. The third-order valence-corrected chi connectivity index (χ3v) is 11.1. The molecule has 3 atom stereocenters. The van der Waals surface area contributed by atoms with Crippen LogP contribution in [0.3, 0.4) is 0 Å². The molecule has 0 amide bonds. The Bertz CT molecular complexity index is 1400. The first-order chi connectivity index (χ1) is 21.8. The van der Waals surface area contributed by atoms with Gasteiger partial charge in [-0.05, 0) is 112 Å². The Balaban J connectivity index is 1.10. The summed E-state index contributed by atoms with van der Waals surface area (Å²) in [4.78, 5) is 17.2.